The summed E-state index contributed by atoms with van der Waals surface area (Å²) in [6.07, 6.45) is 1.21. The number of rotatable bonds is 7. The molecule has 0 saturated carbocycles. The molecule has 0 N–H and O–H groups in total. The van der Waals surface area contributed by atoms with Crippen LogP contribution in [0.5, 0.6) is 5.75 Å². The minimum absolute atomic E-state index is 0.204. The Balaban J connectivity index is 1.68. The monoisotopic (exact) mass is 453 g/mol. The Kier molecular flexibility index (Phi) is 8.61. The normalized spacial score (nSPS) is 16.1. The Labute approximate surface area is 199 Å². The van der Waals surface area contributed by atoms with Gasteiger partial charge in [0.05, 0.1) is 6.61 Å². The van der Waals surface area contributed by atoms with E-state index < -0.39 is 0 Å². The molecule has 1 aliphatic rings. The van der Waals surface area contributed by atoms with Crippen LogP contribution in [0.3, 0.4) is 0 Å². The highest BCUT2D eigenvalue weighted by molar-refractivity contribution is 5.68. The lowest BCUT2D eigenvalue weighted by atomic mass is 10.1. The van der Waals surface area contributed by atoms with Crippen LogP contribution in [-0.4, -0.2) is 68.3 Å². The summed E-state index contributed by atoms with van der Waals surface area (Å²) in [5.74, 6) is 0.831. The number of ether oxygens (including phenoxy) is 2. The van der Waals surface area contributed by atoms with Crippen molar-refractivity contribution >= 4 is 11.8 Å². The highest BCUT2D eigenvalue weighted by Crippen LogP contribution is 2.29. The van der Waals surface area contributed by atoms with Gasteiger partial charge in [-0.25, -0.2) is 4.79 Å². The van der Waals surface area contributed by atoms with Gasteiger partial charge in [0, 0.05) is 50.4 Å². The number of hydrogen-bond acceptors (Lipinski definition) is 5. The molecule has 1 fully saturated rings. The van der Waals surface area contributed by atoms with Crippen LogP contribution in [0.2, 0.25) is 0 Å². The topological polar surface area (TPSA) is 45.3 Å². The third-order valence-corrected chi connectivity index (χ3v) is 6.24. The van der Waals surface area contributed by atoms with E-state index >= 15 is 0 Å². The van der Waals surface area contributed by atoms with Crippen molar-refractivity contribution in [2.24, 2.45) is 0 Å². The highest BCUT2D eigenvalue weighted by Gasteiger charge is 2.24. The maximum atomic E-state index is 12.4. The van der Waals surface area contributed by atoms with Crippen molar-refractivity contribution in [1.82, 2.24) is 9.80 Å². The zero-order valence-corrected chi connectivity index (χ0v) is 20.8. The smallest absolute Gasteiger partial charge is 0.409 e. The molecular formula is C27H39N3O3. The van der Waals surface area contributed by atoms with Crippen LogP contribution in [0.4, 0.5) is 10.5 Å². The van der Waals surface area contributed by atoms with Gasteiger partial charge in [0.25, 0.3) is 0 Å². The van der Waals surface area contributed by atoms with E-state index in [2.05, 4.69) is 47.2 Å². The van der Waals surface area contributed by atoms with Crippen molar-refractivity contribution in [2.45, 2.75) is 45.3 Å². The molecular weight excluding hydrogens is 414 g/mol. The van der Waals surface area contributed by atoms with Gasteiger partial charge in [-0.15, -0.1) is 0 Å². The van der Waals surface area contributed by atoms with Crippen molar-refractivity contribution in [2.75, 3.05) is 51.8 Å². The second-order valence-corrected chi connectivity index (χ2v) is 9.79. The second-order valence-electron chi connectivity index (χ2n) is 9.79. The molecule has 0 aromatic heterocycles. The first kappa shape index (κ1) is 24.9. The molecule has 180 valence electrons. The van der Waals surface area contributed by atoms with Crippen LogP contribution in [0.1, 0.15) is 45.3 Å². The molecule has 0 spiro atoms. The average molecular weight is 454 g/mol. The van der Waals surface area contributed by atoms with Gasteiger partial charge in [0.15, 0.2) is 0 Å². The van der Waals surface area contributed by atoms with Gasteiger partial charge in [-0.05, 0) is 58.5 Å². The van der Waals surface area contributed by atoms with Crippen LogP contribution in [0.25, 0.3) is 0 Å². The standard InChI is InChI=1S/C27H39N3O3/c1-27(2,3)29(5)26(31)32-20-15-25(22-11-7-6-8-12-22)33-24-14-9-13-23(21-24)30-17-10-16-28(4)18-19-30/h6-9,11-14,21,25H,10,15-20H2,1-5H3. The van der Waals surface area contributed by atoms with Crippen molar-refractivity contribution in [3.63, 3.8) is 0 Å². The molecule has 1 heterocycles. The fraction of sp³-hybridized carbons (Fsp3) is 0.519. The predicted octanol–water partition coefficient (Wildman–Crippen LogP) is 5.21. The van der Waals surface area contributed by atoms with Crippen LogP contribution in [0.15, 0.2) is 54.6 Å². The predicted molar refractivity (Wildman–Crippen MR) is 134 cm³/mol. The summed E-state index contributed by atoms with van der Waals surface area (Å²) >= 11 is 0. The van der Waals surface area contributed by atoms with E-state index in [-0.39, 0.29) is 24.3 Å². The maximum absolute atomic E-state index is 12.4. The van der Waals surface area contributed by atoms with E-state index in [0.717, 1.165) is 43.9 Å². The molecule has 6 nitrogen and oxygen atoms in total. The van der Waals surface area contributed by atoms with E-state index in [4.69, 9.17) is 9.47 Å². The number of carbonyl (C=O) groups excluding carboxylic acids is 1. The number of hydrogen-bond donors (Lipinski definition) is 0. The Morgan fingerprint density at radius 3 is 2.52 bits per heavy atom. The fourth-order valence-electron chi connectivity index (χ4n) is 3.81. The third kappa shape index (κ3) is 7.39. The third-order valence-electron chi connectivity index (χ3n) is 6.24. The molecule has 1 aliphatic heterocycles. The largest absolute Gasteiger partial charge is 0.486 e. The lowest BCUT2D eigenvalue weighted by Crippen LogP contribution is -2.43. The van der Waals surface area contributed by atoms with Crippen LogP contribution < -0.4 is 9.64 Å². The number of nitrogens with zero attached hydrogens (tertiary/aromatic N) is 3. The number of amides is 1. The Morgan fingerprint density at radius 1 is 1.03 bits per heavy atom. The van der Waals surface area contributed by atoms with Crippen molar-refractivity contribution in [1.29, 1.82) is 0 Å². The maximum Gasteiger partial charge on any atom is 0.409 e. The number of benzene rings is 2. The first-order chi connectivity index (χ1) is 15.7. The summed E-state index contributed by atoms with van der Waals surface area (Å²) < 4.78 is 12.0. The SMILES string of the molecule is CN1CCCN(c2cccc(OC(CCOC(=O)N(C)C(C)(C)C)c3ccccc3)c2)CC1. The molecule has 1 amide bonds. The van der Waals surface area contributed by atoms with Crippen molar-refractivity contribution < 1.29 is 14.3 Å². The molecule has 3 rings (SSSR count). The molecule has 33 heavy (non-hydrogen) atoms. The van der Waals surface area contributed by atoms with Crippen LogP contribution in [-0.2, 0) is 4.74 Å². The minimum Gasteiger partial charge on any atom is -0.486 e. The molecule has 1 unspecified atom stereocenters. The average Bonchev–Trinajstić information content (AvgIpc) is 3.02. The first-order valence-corrected chi connectivity index (χ1v) is 11.9. The molecule has 2 aromatic carbocycles. The van der Waals surface area contributed by atoms with E-state index in [1.54, 1.807) is 11.9 Å². The Hall–Kier alpha value is -2.73. The number of likely N-dealkylation sites (N-methyl/N-ethyl adjacent to an activating group) is 1. The van der Waals surface area contributed by atoms with Gasteiger partial charge < -0.3 is 24.2 Å². The van der Waals surface area contributed by atoms with Gasteiger partial charge >= 0.3 is 6.09 Å². The van der Waals surface area contributed by atoms with E-state index in [0.29, 0.717) is 6.42 Å². The van der Waals surface area contributed by atoms with Gasteiger partial charge in [0.1, 0.15) is 11.9 Å². The van der Waals surface area contributed by atoms with Gasteiger partial charge in [-0.3, -0.25) is 0 Å². The summed E-state index contributed by atoms with van der Waals surface area (Å²) in [6, 6.07) is 18.5. The number of anilines is 1. The molecule has 0 radical (unpaired) electrons. The summed E-state index contributed by atoms with van der Waals surface area (Å²) in [6.45, 7) is 10.5. The Bertz CT molecular complexity index is 882. The molecule has 0 bridgehead atoms. The summed E-state index contributed by atoms with van der Waals surface area (Å²) in [5.41, 5.74) is 1.97. The molecule has 1 atom stereocenters. The summed E-state index contributed by atoms with van der Waals surface area (Å²) in [7, 11) is 3.94. The molecule has 0 aliphatic carbocycles. The quantitative estimate of drug-likeness (QED) is 0.576. The van der Waals surface area contributed by atoms with E-state index in [9.17, 15) is 4.79 Å². The lowest BCUT2D eigenvalue weighted by Gasteiger charge is -2.31. The van der Waals surface area contributed by atoms with E-state index in [1.165, 1.54) is 5.69 Å². The molecule has 2 aromatic rings. The number of carbonyl (C=O) groups is 1. The fourth-order valence-corrected chi connectivity index (χ4v) is 3.81. The van der Waals surface area contributed by atoms with Crippen LogP contribution in [0, 0.1) is 0 Å². The lowest BCUT2D eigenvalue weighted by molar-refractivity contribution is 0.0687. The summed E-state index contributed by atoms with van der Waals surface area (Å²) in [4.78, 5) is 18.8. The molecule has 1 saturated heterocycles. The van der Waals surface area contributed by atoms with Gasteiger partial charge in [-0.1, -0.05) is 36.4 Å². The van der Waals surface area contributed by atoms with Crippen LogP contribution >= 0.6 is 0 Å². The van der Waals surface area contributed by atoms with Crippen molar-refractivity contribution in [3.05, 3.63) is 60.2 Å². The first-order valence-electron chi connectivity index (χ1n) is 11.9. The van der Waals surface area contributed by atoms with E-state index in [1.807, 2.05) is 45.0 Å². The summed E-state index contributed by atoms with van der Waals surface area (Å²) in [5, 5.41) is 0. The zero-order chi connectivity index (χ0) is 23.8. The zero-order valence-electron chi connectivity index (χ0n) is 20.8. The Morgan fingerprint density at radius 2 is 1.79 bits per heavy atom. The highest BCUT2D eigenvalue weighted by atomic mass is 16.6. The second kappa shape index (κ2) is 11.4. The van der Waals surface area contributed by atoms with Gasteiger partial charge in [-0.2, -0.15) is 0 Å². The minimum atomic E-state index is -0.317. The van der Waals surface area contributed by atoms with Gasteiger partial charge in [0.2, 0.25) is 0 Å². The molecule has 6 heteroatoms. The van der Waals surface area contributed by atoms with Crippen molar-refractivity contribution in [3.8, 4) is 5.75 Å².